The van der Waals surface area contributed by atoms with Gasteiger partial charge in [-0.05, 0) is 56.0 Å². The van der Waals surface area contributed by atoms with Gasteiger partial charge in [-0.15, -0.1) is 0 Å². The van der Waals surface area contributed by atoms with Crippen LogP contribution in [0.2, 0.25) is 0 Å². The van der Waals surface area contributed by atoms with Crippen molar-refractivity contribution < 1.29 is 4.79 Å². The van der Waals surface area contributed by atoms with Crippen molar-refractivity contribution in [1.29, 1.82) is 0 Å². The van der Waals surface area contributed by atoms with Gasteiger partial charge in [-0.25, -0.2) is 4.98 Å². The van der Waals surface area contributed by atoms with Crippen molar-refractivity contribution in [2.45, 2.75) is 39.3 Å². The number of amides is 1. The molecular formula is C27H27N3O2. The Kier molecular flexibility index (Phi) is 6.45. The van der Waals surface area contributed by atoms with Gasteiger partial charge in [0.15, 0.2) is 0 Å². The number of nitrogens with zero attached hydrogens (tertiary/aromatic N) is 2. The highest BCUT2D eigenvalue weighted by Gasteiger charge is 2.14. The van der Waals surface area contributed by atoms with Gasteiger partial charge in [-0.2, -0.15) is 0 Å². The summed E-state index contributed by atoms with van der Waals surface area (Å²) in [6.07, 6.45) is 1.77. The molecule has 1 N–H and O–H groups in total. The number of hydrogen-bond donors (Lipinski definition) is 1. The summed E-state index contributed by atoms with van der Waals surface area (Å²) >= 11 is 0. The Morgan fingerprint density at radius 2 is 1.62 bits per heavy atom. The van der Waals surface area contributed by atoms with Gasteiger partial charge < -0.3 is 9.88 Å². The molecule has 1 aromatic heterocycles. The Bertz CT molecular complexity index is 1280. The number of carbonyl (C=O) groups is 1. The molecule has 0 bridgehead atoms. The third-order valence-electron chi connectivity index (χ3n) is 5.64. The van der Waals surface area contributed by atoms with Crippen molar-refractivity contribution in [3.8, 4) is 0 Å². The summed E-state index contributed by atoms with van der Waals surface area (Å²) in [5.41, 5.74) is 4.50. The number of aryl methyl sites for hydroxylation is 2. The predicted molar refractivity (Wildman–Crippen MR) is 128 cm³/mol. The van der Waals surface area contributed by atoms with E-state index >= 15 is 0 Å². The highest BCUT2D eigenvalue weighted by molar-refractivity contribution is 5.97. The fraction of sp³-hybridized carbons (Fsp3) is 0.222. The molecule has 0 aliphatic carbocycles. The molecule has 0 saturated carbocycles. The third kappa shape index (κ3) is 4.94. The minimum absolute atomic E-state index is 0.0418. The lowest BCUT2D eigenvalue weighted by molar-refractivity contribution is 0.0938. The van der Waals surface area contributed by atoms with Crippen molar-refractivity contribution in [2.75, 3.05) is 0 Å². The monoisotopic (exact) mass is 425 g/mol. The number of carbonyl (C=O) groups excluding carboxylic acids is 1. The molecule has 32 heavy (non-hydrogen) atoms. The molecule has 162 valence electrons. The Hall–Kier alpha value is -3.73. The summed E-state index contributed by atoms with van der Waals surface area (Å²) in [6, 6.07) is 25.5. The average molecular weight is 426 g/mol. The van der Waals surface area contributed by atoms with Crippen LogP contribution in [0.5, 0.6) is 0 Å². The van der Waals surface area contributed by atoms with Crippen molar-refractivity contribution in [3.63, 3.8) is 0 Å². The fourth-order valence-electron chi connectivity index (χ4n) is 3.85. The van der Waals surface area contributed by atoms with Gasteiger partial charge in [-0.3, -0.25) is 9.59 Å². The highest BCUT2D eigenvalue weighted by atomic mass is 16.1. The number of rotatable bonds is 7. The fourth-order valence-corrected chi connectivity index (χ4v) is 3.85. The van der Waals surface area contributed by atoms with Gasteiger partial charge in [0.05, 0.1) is 17.6 Å². The lowest BCUT2D eigenvalue weighted by atomic mass is 10.1. The van der Waals surface area contributed by atoms with Crippen molar-refractivity contribution in [2.24, 2.45) is 0 Å². The minimum Gasteiger partial charge on any atom is -0.350 e. The number of aromatic nitrogens is 2. The normalized spacial score (nSPS) is 11.9. The molecule has 1 amide bonds. The van der Waals surface area contributed by atoms with E-state index in [1.165, 1.54) is 5.56 Å². The van der Waals surface area contributed by atoms with E-state index in [9.17, 15) is 9.59 Å². The first-order chi connectivity index (χ1) is 15.5. The number of fused-ring (bicyclic) bond motifs is 1. The SMILES string of the molecule is Cc1nc2cc(C(=O)N[C@@H](C)CCc3ccccc3)ccc2n(Cc2ccccc2)c1=O. The maximum absolute atomic E-state index is 12.8. The Balaban J connectivity index is 1.53. The number of nitrogens with one attached hydrogen (secondary N) is 1. The average Bonchev–Trinajstić information content (AvgIpc) is 2.81. The summed E-state index contributed by atoms with van der Waals surface area (Å²) in [5.74, 6) is -0.132. The number of benzene rings is 3. The van der Waals surface area contributed by atoms with Gasteiger partial charge in [0.2, 0.25) is 0 Å². The molecule has 1 atom stereocenters. The molecule has 4 rings (SSSR count). The van der Waals surface area contributed by atoms with Crippen molar-refractivity contribution in [1.82, 2.24) is 14.9 Å². The van der Waals surface area contributed by atoms with Gasteiger partial charge in [0.25, 0.3) is 11.5 Å². The highest BCUT2D eigenvalue weighted by Crippen LogP contribution is 2.16. The first-order valence-electron chi connectivity index (χ1n) is 10.9. The molecule has 0 unspecified atom stereocenters. The van der Waals surface area contributed by atoms with E-state index < -0.39 is 0 Å². The molecule has 0 spiro atoms. The van der Waals surface area contributed by atoms with E-state index in [0.29, 0.717) is 23.3 Å². The van der Waals surface area contributed by atoms with Crippen LogP contribution in [0.25, 0.3) is 11.0 Å². The maximum atomic E-state index is 12.8. The van der Waals surface area contributed by atoms with E-state index in [0.717, 1.165) is 23.9 Å². The molecule has 0 radical (unpaired) electrons. The predicted octanol–water partition coefficient (Wildman–Crippen LogP) is 4.50. The van der Waals surface area contributed by atoms with Crippen LogP contribution in [0.4, 0.5) is 0 Å². The first-order valence-corrected chi connectivity index (χ1v) is 10.9. The topological polar surface area (TPSA) is 64.0 Å². The van der Waals surface area contributed by atoms with Crippen LogP contribution in [-0.2, 0) is 13.0 Å². The largest absolute Gasteiger partial charge is 0.350 e. The Morgan fingerprint density at radius 1 is 0.969 bits per heavy atom. The van der Waals surface area contributed by atoms with E-state index in [4.69, 9.17) is 0 Å². The molecule has 0 aliphatic heterocycles. The molecule has 5 nitrogen and oxygen atoms in total. The lowest BCUT2D eigenvalue weighted by Crippen LogP contribution is -2.33. The zero-order valence-electron chi connectivity index (χ0n) is 18.4. The Labute approximate surface area is 187 Å². The molecule has 0 aliphatic rings. The van der Waals surface area contributed by atoms with Crippen LogP contribution in [-0.4, -0.2) is 21.5 Å². The molecule has 1 heterocycles. The van der Waals surface area contributed by atoms with Crippen LogP contribution in [0, 0.1) is 6.92 Å². The molecule has 0 saturated heterocycles. The van der Waals surface area contributed by atoms with Crippen LogP contribution >= 0.6 is 0 Å². The van der Waals surface area contributed by atoms with E-state index in [1.807, 2.05) is 61.5 Å². The molecule has 0 fully saturated rings. The van der Waals surface area contributed by atoms with Gasteiger partial charge in [0, 0.05) is 11.6 Å². The molecule has 5 heteroatoms. The third-order valence-corrected chi connectivity index (χ3v) is 5.64. The second kappa shape index (κ2) is 9.60. The standard InChI is InChI=1S/C27H27N3O2/c1-19(13-14-21-9-5-3-6-10-21)28-26(31)23-15-16-25-24(17-23)29-20(2)27(32)30(25)18-22-11-7-4-8-12-22/h3-12,15-17,19H,13-14,18H2,1-2H3,(H,28,31)/t19-/m0/s1. The summed E-state index contributed by atoms with van der Waals surface area (Å²) in [5, 5.41) is 3.08. The van der Waals surface area contributed by atoms with Gasteiger partial charge >= 0.3 is 0 Å². The molecule has 3 aromatic carbocycles. The summed E-state index contributed by atoms with van der Waals surface area (Å²) < 4.78 is 1.72. The van der Waals surface area contributed by atoms with Crippen LogP contribution in [0.1, 0.15) is 40.5 Å². The summed E-state index contributed by atoms with van der Waals surface area (Å²) in [6.45, 7) is 4.19. The van der Waals surface area contributed by atoms with Crippen LogP contribution in [0.15, 0.2) is 83.7 Å². The van der Waals surface area contributed by atoms with E-state index in [1.54, 1.807) is 23.6 Å². The zero-order valence-corrected chi connectivity index (χ0v) is 18.4. The molecule has 4 aromatic rings. The Morgan fingerprint density at radius 3 is 2.31 bits per heavy atom. The quantitative estimate of drug-likeness (QED) is 0.474. The van der Waals surface area contributed by atoms with Crippen molar-refractivity contribution in [3.05, 3.63) is 112 Å². The van der Waals surface area contributed by atoms with Crippen molar-refractivity contribution >= 4 is 16.9 Å². The van der Waals surface area contributed by atoms with Gasteiger partial charge in [0.1, 0.15) is 5.69 Å². The zero-order chi connectivity index (χ0) is 22.5. The van der Waals surface area contributed by atoms with E-state index in [-0.39, 0.29) is 17.5 Å². The summed E-state index contributed by atoms with van der Waals surface area (Å²) in [4.78, 5) is 30.1. The summed E-state index contributed by atoms with van der Waals surface area (Å²) in [7, 11) is 0. The second-order valence-corrected chi connectivity index (χ2v) is 8.18. The minimum atomic E-state index is -0.132. The van der Waals surface area contributed by atoms with Crippen LogP contribution in [0.3, 0.4) is 0 Å². The second-order valence-electron chi connectivity index (χ2n) is 8.18. The smallest absolute Gasteiger partial charge is 0.272 e. The van der Waals surface area contributed by atoms with Crippen LogP contribution < -0.4 is 10.9 Å². The van der Waals surface area contributed by atoms with Gasteiger partial charge in [-0.1, -0.05) is 60.7 Å². The molecular weight excluding hydrogens is 398 g/mol. The first kappa shape index (κ1) is 21.5. The van der Waals surface area contributed by atoms with E-state index in [2.05, 4.69) is 22.4 Å². The maximum Gasteiger partial charge on any atom is 0.272 e. The number of hydrogen-bond acceptors (Lipinski definition) is 3. The lowest BCUT2D eigenvalue weighted by Gasteiger charge is -2.15.